The predicted molar refractivity (Wildman–Crippen MR) is 97.3 cm³/mol. The molecule has 2 aromatic rings. The van der Waals surface area contributed by atoms with Gasteiger partial charge in [-0.15, -0.1) is 0 Å². The van der Waals surface area contributed by atoms with Gasteiger partial charge in [-0.25, -0.2) is 4.79 Å². The third-order valence-electron chi connectivity index (χ3n) is 3.49. The van der Waals surface area contributed by atoms with Crippen molar-refractivity contribution >= 4 is 29.2 Å². The number of benzene rings is 2. The molecule has 1 atom stereocenters. The van der Waals surface area contributed by atoms with Gasteiger partial charge >= 0.3 is 5.97 Å². The Kier molecular flexibility index (Phi) is 6.42. The molecule has 0 aliphatic heterocycles. The Morgan fingerprint density at radius 1 is 1.20 bits per heavy atom. The van der Waals surface area contributed by atoms with Crippen molar-refractivity contribution in [3.05, 3.63) is 58.6 Å². The maximum Gasteiger partial charge on any atom is 0.340 e. The average Bonchev–Trinajstić information content (AvgIpc) is 2.58. The molecule has 5 nitrogen and oxygen atoms in total. The highest BCUT2D eigenvalue weighted by atomic mass is 35.5. The van der Waals surface area contributed by atoms with E-state index in [4.69, 9.17) is 21.1 Å². The Balaban J connectivity index is 2.08. The zero-order valence-corrected chi connectivity index (χ0v) is 15.1. The maximum absolute atomic E-state index is 12.4. The molecule has 0 fully saturated rings. The van der Waals surface area contributed by atoms with Crippen LogP contribution in [0, 0.1) is 6.92 Å². The number of carbonyl (C=O) groups excluding carboxylic acids is 2. The quantitative estimate of drug-likeness (QED) is 0.782. The molecule has 0 bridgehead atoms. The summed E-state index contributed by atoms with van der Waals surface area (Å²) in [6.07, 6.45) is -0.754. The van der Waals surface area contributed by atoms with Crippen LogP contribution in [0.4, 0.5) is 5.69 Å². The summed E-state index contributed by atoms with van der Waals surface area (Å²) in [5.74, 6) is -0.312. The highest BCUT2D eigenvalue weighted by Crippen LogP contribution is 2.22. The lowest BCUT2D eigenvalue weighted by Crippen LogP contribution is -2.30. The fourth-order valence-electron chi connectivity index (χ4n) is 2.16. The molecule has 6 heteroatoms. The minimum Gasteiger partial charge on any atom is -0.481 e. The lowest BCUT2D eigenvalue weighted by Gasteiger charge is -2.16. The molecule has 0 aliphatic carbocycles. The number of anilines is 1. The number of amides is 1. The van der Waals surface area contributed by atoms with Crippen molar-refractivity contribution in [2.75, 3.05) is 11.9 Å². The third kappa shape index (κ3) is 4.97. The Bertz CT molecular complexity index is 776. The van der Waals surface area contributed by atoms with Gasteiger partial charge in [0.05, 0.1) is 17.9 Å². The predicted octanol–water partition coefficient (Wildman–Crippen LogP) is 4.23. The average molecular weight is 362 g/mol. The van der Waals surface area contributed by atoms with Gasteiger partial charge in [0.25, 0.3) is 5.91 Å². The van der Waals surface area contributed by atoms with Gasteiger partial charge in [-0.1, -0.05) is 23.7 Å². The number of halogens is 1. The minimum absolute atomic E-state index is 0.260. The zero-order chi connectivity index (χ0) is 18.4. The summed E-state index contributed by atoms with van der Waals surface area (Å²) < 4.78 is 10.6. The van der Waals surface area contributed by atoms with Crippen LogP contribution < -0.4 is 10.1 Å². The van der Waals surface area contributed by atoms with Crippen molar-refractivity contribution in [2.45, 2.75) is 26.9 Å². The molecule has 0 saturated heterocycles. The topological polar surface area (TPSA) is 64.6 Å². The number of nitrogens with one attached hydrogen (secondary N) is 1. The van der Waals surface area contributed by atoms with Crippen LogP contribution in [0.15, 0.2) is 42.5 Å². The van der Waals surface area contributed by atoms with Crippen molar-refractivity contribution in [3.63, 3.8) is 0 Å². The molecule has 2 aromatic carbocycles. The fraction of sp³-hybridized carbons (Fsp3) is 0.263. The number of carbonyl (C=O) groups is 2. The van der Waals surface area contributed by atoms with E-state index in [1.807, 2.05) is 6.92 Å². The van der Waals surface area contributed by atoms with Gasteiger partial charge < -0.3 is 14.8 Å². The number of esters is 1. The summed E-state index contributed by atoms with van der Waals surface area (Å²) in [6.45, 7) is 5.47. The lowest BCUT2D eigenvalue weighted by atomic mass is 10.1. The first kappa shape index (κ1) is 18.8. The first-order chi connectivity index (χ1) is 11.9. The summed E-state index contributed by atoms with van der Waals surface area (Å²) in [5, 5.41) is 3.34. The van der Waals surface area contributed by atoms with Gasteiger partial charge in [0.2, 0.25) is 0 Å². The molecule has 0 radical (unpaired) electrons. The van der Waals surface area contributed by atoms with Crippen LogP contribution in [-0.2, 0) is 9.53 Å². The number of ether oxygens (including phenoxy) is 2. The Hall–Kier alpha value is -2.53. The van der Waals surface area contributed by atoms with E-state index in [-0.39, 0.29) is 12.5 Å². The van der Waals surface area contributed by atoms with Crippen molar-refractivity contribution < 1.29 is 19.1 Å². The molecule has 132 valence electrons. The van der Waals surface area contributed by atoms with E-state index in [1.165, 1.54) is 0 Å². The van der Waals surface area contributed by atoms with E-state index in [0.29, 0.717) is 22.0 Å². The van der Waals surface area contributed by atoms with E-state index >= 15 is 0 Å². The standard InChI is InChI=1S/C19H20ClNO4/c1-4-24-19(23)15-7-5-6-8-17(15)21-18(22)13(3)25-14-9-10-16(20)12(2)11-14/h5-11,13H,4H2,1-3H3,(H,21,22). The Morgan fingerprint density at radius 3 is 2.60 bits per heavy atom. The van der Waals surface area contributed by atoms with Gasteiger partial charge in [0.15, 0.2) is 6.10 Å². The van der Waals surface area contributed by atoms with Crippen molar-refractivity contribution in [1.82, 2.24) is 0 Å². The van der Waals surface area contributed by atoms with E-state index in [9.17, 15) is 9.59 Å². The number of aryl methyl sites for hydroxylation is 1. The molecule has 0 heterocycles. The number of para-hydroxylation sites is 1. The Labute approximate surface area is 151 Å². The monoisotopic (exact) mass is 361 g/mol. The summed E-state index contributed by atoms with van der Waals surface area (Å²) >= 11 is 5.98. The van der Waals surface area contributed by atoms with Crippen LogP contribution in [0.1, 0.15) is 29.8 Å². The van der Waals surface area contributed by atoms with Gasteiger partial charge in [-0.3, -0.25) is 4.79 Å². The van der Waals surface area contributed by atoms with Crippen molar-refractivity contribution in [2.24, 2.45) is 0 Å². The molecule has 0 aromatic heterocycles. The van der Waals surface area contributed by atoms with E-state index in [0.717, 1.165) is 5.56 Å². The Morgan fingerprint density at radius 2 is 1.92 bits per heavy atom. The van der Waals surface area contributed by atoms with Crippen molar-refractivity contribution in [3.8, 4) is 5.75 Å². The molecular weight excluding hydrogens is 342 g/mol. The zero-order valence-electron chi connectivity index (χ0n) is 14.3. The molecule has 0 aliphatic rings. The van der Waals surface area contributed by atoms with Gasteiger partial charge in [0.1, 0.15) is 5.75 Å². The summed E-state index contributed by atoms with van der Waals surface area (Å²) in [6, 6.07) is 11.9. The summed E-state index contributed by atoms with van der Waals surface area (Å²) in [7, 11) is 0. The molecule has 0 spiro atoms. The van der Waals surface area contributed by atoms with Crippen LogP contribution in [-0.4, -0.2) is 24.6 Å². The highest BCUT2D eigenvalue weighted by Gasteiger charge is 2.19. The first-order valence-corrected chi connectivity index (χ1v) is 8.30. The molecular formula is C19H20ClNO4. The molecule has 1 amide bonds. The summed E-state index contributed by atoms with van der Waals surface area (Å²) in [5.41, 5.74) is 1.54. The second-order valence-corrected chi connectivity index (χ2v) is 5.83. The summed E-state index contributed by atoms with van der Waals surface area (Å²) in [4.78, 5) is 24.3. The van der Waals surface area contributed by atoms with E-state index in [1.54, 1.807) is 56.3 Å². The fourth-order valence-corrected chi connectivity index (χ4v) is 2.28. The van der Waals surface area contributed by atoms with E-state index < -0.39 is 12.1 Å². The normalized spacial score (nSPS) is 11.5. The van der Waals surface area contributed by atoms with Crippen LogP contribution in [0.2, 0.25) is 5.02 Å². The molecule has 0 saturated carbocycles. The van der Waals surface area contributed by atoms with Crippen molar-refractivity contribution in [1.29, 1.82) is 0 Å². The largest absolute Gasteiger partial charge is 0.481 e. The SMILES string of the molecule is CCOC(=O)c1ccccc1NC(=O)C(C)Oc1ccc(Cl)c(C)c1. The smallest absolute Gasteiger partial charge is 0.340 e. The number of rotatable bonds is 6. The third-order valence-corrected chi connectivity index (χ3v) is 3.92. The molecule has 25 heavy (non-hydrogen) atoms. The van der Waals surface area contributed by atoms with Crippen LogP contribution in [0.3, 0.4) is 0 Å². The van der Waals surface area contributed by atoms with Gasteiger partial charge in [-0.05, 0) is 56.7 Å². The van der Waals surface area contributed by atoms with Gasteiger partial charge in [-0.2, -0.15) is 0 Å². The van der Waals surface area contributed by atoms with Crippen LogP contribution in [0.25, 0.3) is 0 Å². The van der Waals surface area contributed by atoms with Crippen LogP contribution >= 0.6 is 11.6 Å². The lowest BCUT2D eigenvalue weighted by molar-refractivity contribution is -0.122. The van der Waals surface area contributed by atoms with Gasteiger partial charge in [0, 0.05) is 5.02 Å². The minimum atomic E-state index is -0.754. The number of hydrogen-bond donors (Lipinski definition) is 1. The maximum atomic E-state index is 12.4. The highest BCUT2D eigenvalue weighted by molar-refractivity contribution is 6.31. The number of hydrogen-bond acceptors (Lipinski definition) is 4. The molecule has 1 unspecified atom stereocenters. The molecule has 2 rings (SSSR count). The first-order valence-electron chi connectivity index (χ1n) is 7.92. The molecule has 1 N–H and O–H groups in total. The second kappa shape index (κ2) is 8.53. The van der Waals surface area contributed by atoms with E-state index in [2.05, 4.69) is 5.32 Å². The van der Waals surface area contributed by atoms with Crippen LogP contribution in [0.5, 0.6) is 5.75 Å². The second-order valence-electron chi connectivity index (χ2n) is 5.43.